The Hall–Kier alpha value is -1.84. The van der Waals surface area contributed by atoms with Crippen molar-refractivity contribution in [2.45, 2.75) is 32.6 Å². The van der Waals surface area contributed by atoms with Gasteiger partial charge >= 0.3 is 0 Å². The summed E-state index contributed by atoms with van der Waals surface area (Å²) in [6, 6.07) is 7.59. The number of amides is 2. The molecule has 1 aliphatic heterocycles. The number of rotatable bonds is 7. The lowest BCUT2D eigenvalue weighted by Crippen LogP contribution is -2.42. The summed E-state index contributed by atoms with van der Waals surface area (Å²) >= 11 is 0. The predicted octanol–water partition coefficient (Wildman–Crippen LogP) is 2.02. The lowest BCUT2D eigenvalue weighted by atomic mass is 10.00. The number of carbonyl (C=O) groups excluding carboxylic acids is 2. The van der Waals surface area contributed by atoms with Crippen LogP contribution in [-0.2, 0) is 11.2 Å². The van der Waals surface area contributed by atoms with Crippen LogP contribution in [-0.4, -0.2) is 62.9 Å². The molecule has 0 spiro atoms. The molecule has 8 heteroatoms. The highest BCUT2D eigenvalue weighted by Crippen LogP contribution is 2.15. The summed E-state index contributed by atoms with van der Waals surface area (Å²) in [6.07, 6.45) is 3.56. The van der Waals surface area contributed by atoms with Gasteiger partial charge in [0.1, 0.15) is 0 Å². The zero-order valence-corrected chi connectivity index (χ0v) is 20.0. The number of guanidine groups is 1. The van der Waals surface area contributed by atoms with Gasteiger partial charge in [-0.05, 0) is 42.9 Å². The second-order valence-electron chi connectivity index (χ2n) is 7.29. The van der Waals surface area contributed by atoms with E-state index >= 15 is 0 Å². The minimum atomic E-state index is -0.0833. The van der Waals surface area contributed by atoms with E-state index in [0.29, 0.717) is 37.0 Å². The molecule has 1 aromatic carbocycles. The van der Waals surface area contributed by atoms with Gasteiger partial charge in [-0.1, -0.05) is 19.1 Å². The second-order valence-corrected chi connectivity index (χ2v) is 7.29. The molecule has 0 saturated carbocycles. The van der Waals surface area contributed by atoms with Gasteiger partial charge in [0, 0.05) is 52.3 Å². The highest BCUT2D eigenvalue weighted by molar-refractivity contribution is 14.0. The molecule has 2 rings (SSSR count). The Morgan fingerprint density at radius 2 is 2.00 bits per heavy atom. The molecule has 1 atom stereocenters. The third-order valence-electron chi connectivity index (χ3n) is 4.99. The van der Waals surface area contributed by atoms with Crippen molar-refractivity contribution >= 4 is 41.8 Å². The largest absolute Gasteiger partial charge is 0.356 e. The quantitative estimate of drug-likeness (QED) is 0.295. The van der Waals surface area contributed by atoms with Gasteiger partial charge in [0.2, 0.25) is 5.91 Å². The number of likely N-dealkylation sites (tertiary alicyclic amines) is 1. The molecule has 0 bridgehead atoms. The Morgan fingerprint density at radius 3 is 2.69 bits per heavy atom. The van der Waals surface area contributed by atoms with E-state index in [1.807, 2.05) is 23.1 Å². The first-order chi connectivity index (χ1) is 13.5. The molecule has 7 nitrogen and oxygen atoms in total. The van der Waals surface area contributed by atoms with Crippen LogP contribution in [0.4, 0.5) is 0 Å². The highest BCUT2D eigenvalue weighted by Gasteiger charge is 2.20. The number of halogens is 1. The molecule has 3 N–H and O–H groups in total. The van der Waals surface area contributed by atoms with Gasteiger partial charge in [-0.25, -0.2) is 0 Å². The van der Waals surface area contributed by atoms with Crippen LogP contribution in [0.3, 0.4) is 0 Å². The van der Waals surface area contributed by atoms with Crippen molar-refractivity contribution < 1.29 is 9.59 Å². The fraction of sp³-hybridized carbons (Fsp3) is 0.571. The maximum atomic E-state index is 12.3. The summed E-state index contributed by atoms with van der Waals surface area (Å²) in [5, 5.41) is 9.09. The van der Waals surface area contributed by atoms with Gasteiger partial charge in [-0.2, -0.15) is 0 Å². The molecule has 1 saturated heterocycles. The molecular weight excluding hydrogens is 481 g/mol. The Morgan fingerprint density at radius 1 is 1.24 bits per heavy atom. The van der Waals surface area contributed by atoms with Crippen LogP contribution in [0.2, 0.25) is 0 Å². The summed E-state index contributed by atoms with van der Waals surface area (Å²) in [4.78, 5) is 30.2. The fourth-order valence-electron chi connectivity index (χ4n) is 3.42. The second kappa shape index (κ2) is 13.4. The molecule has 0 aromatic heterocycles. The Labute approximate surface area is 191 Å². The van der Waals surface area contributed by atoms with Crippen molar-refractivity contribution in [3.05, 3.63) is 35.4 Å². The molecule has 1 heterocycles. The Kier molecular flexibility index (Phi) is 11.6. The number of piperidine rings is 1. The summed E-state index contributed by atoms with van der Waals surface area (Å²) < 4.78 is 0. The van der Waals surface area contributed by atoms with E-state index in [1.165, 1.54) is 6.42 Å². The number of carbonyl (C=O) groups is 2. The first-order valence-corrected chi connectivity index (χ1v) is 10.1. The van der Waals surface area contributed by atoms with Gasteiger partial charge in [-0.15, -0.1) is 24.0 Å². The van der Waals surface area contributed by atoms with Crippen LogP contribution in [0.1, 0.15) is 42.1 Å². The van der Waals surface area contributed by atoms with Crippen molar-refractivity contribution in [2.75, 3.05) is 40.3 Å². The average molecular weight is 515 g/mol. The maximum Gasteiger partial charge on any atom is 0.251 e. The number of aliphatic imine (C=N–C) groups is 1. The van der Waals surface area contributed by atoms with Gasteiger partial charge in [0.15, 0.2) is 5.96 Å². The number of nitrogens with one attached hydrogen (secondary N) is 3. The smallest absolute Gasteiger partial charge is 0.251 e. The molecule has 0 radical (unpaired) electrons. The molecule has 1 aliphatic rings. The number of nitrogens with zero attached hydrogens (tertiary/aromatic N) is 2. The predicted molar refractivity (Wildman–Crippen MR) is 128 cm³/mol. The fourth-order valence-corrected chi connectivity index (χ4v) is 3.42. The standard InChI is InChI=1S/C21H33N5O2.HI/c1-16-6-5-13-26(15-16)19(27)10-12-25-21(23-3)24-11-9-17-7-4-8-18(14-17)20(28)22-2;/h4,7-8,14,16H,5-6,9-13,15H2,1-3H3,(H,22,28)(H2,23,24,25);1H. The lowest BCUT2D eigenvalue weighted by molar-refractivity contribution is -0.132. The van der Waals surface area contributed by atoms with Crippen molar-refractivity contribution in [3.8, 4) is 0 Å². The summed E-state index contributed by atoms with van der Waals surface area (Å²) in [6.45, 7) is 5.21. The third kappa shape index (κ3) is 8.59. The van der Waals surface area contributed by atoms with E-state index in [-0.39, 0.29) is 35.8 Å². The summed E-state index contributed by atoms with van der Waals surface area (Å²) in [5.41, 5.74) is 1.74. The summed E-state index contributed by atoms with van der Waals surface area (Å²) in [5.74, 6) is 1.41. The van der Waals surface area contributed by atoms with Gasteiger partial charge in [0.05, 0.1) is 0 Å². The SMILES string of the molecule is CN=C(NCCC(=O)N1CCCC(C)C1)NCCc1cccc(C(=O)NC)c1.I. The maximum absolute atomic E-state index is 12.3. The molecule has 0 aliphatic carbocycles. The van der Waals surface area contributed by atoms with Crippen molar-refractivity contribution in [1.29, 1.82) is 0 Å². The van der Waals surface area contributed by atoms with E-state index in [1.54, 1.807) is 20.2 Å². The molecule has 1 fully saturated rings. The highest BCUT2D eigenvalue weighted by atomic mass is 127. The van der Waals surface area contributed by atoms with Gasteiger partial charge in [-0.3, -0.25) is 14.6 Å². The van der Waals surface area contributed by atoms with Crippen LogP contribution < -0.4 is 16.0 Å². The van der Waals surface area contributed by atoms with Crippen LogP contribution in [0.15, 0.2) is 29.3 Å². The normalized spacial score (nSPS) is 16.6. The summed E-state index contributed by atoms with van der Waals surface area (Å²) in [7, 11) is 3.35. The minimum absolute atomic E-state index is 0. The first kappa shape index (κ1) is 25.2. The number of hydrogen-bond donors (Lipinski definition) is 3. The van der Waals surface area contributed by atoms with Crippen molar-refractivity contribution in [1.82, 2.24) is 20.9 Å². The molecule has 162 valence electrons. The molecule has 2 amide bonds. The van der Waals surface area contributed by atoms with Crippen LogP contribution >= 0.6 is 24.0 Å². The van der Waals surface area contributed by atoms with E-state index in [0.717, 1.165) is 31.5 Å². The lowest BCUT2D eigenvalue weighted by Gasteiger charge is -2.31. The molecular formula is C21H34IN5O2. The van der Waals surface area contributed by atoms with Crippen molar-refractivity contribution in [3.63, 3.8) is 0 Å². The zero-order valence-electron chi connectivity index (χ0n) is 17.7. The van der Waals surface area contributed by atoms with Crippen LogP contribution in [0.25, 0.3) is 0 Å². The van der Waals surface area contributed by atoms with E-state index in [9.17, 15) is 9.59 Å². The monoisotopic (exact) mass is 515 g/mol. The molecule has 29 heavy (non-hydrogen) atoms. The topological polar surface area (TPSA) is 85.8 Å². The Bertz CT molecular complexity index is 695. The van der Waals surface area contributed by atoms with E-state index in [4.69, 9.17) is 0 Å². The first-order valence-electron chi connectivity index (χ1n) is 10.1. The van der Waals surface area contributed by atoms with E-state index < -0.39 is 0 Å². The van der Waals surface area contributed by atoms with Crippen molar-refractivity contribution in [2.24, 2.45) is 10.9 Å². The van der Waals surface area contributed by atoms with Crippen LogP contribution in [0, 0.1) is 5.92 Å². The van der Waals surface area contributed by atoms with Crippen LogP contribution in [0.5, 0.6) is 0 Å². The zero-order chi connectivity index (χ0) is 20.4. The number of hydrogen-bond acceptors (Lipinski definition) is 3. The van der Waals surface area contributed by atoms with Gasteiger partial charge < -0.3 is 20.9 Å². The number of benzene rings is 1. The van der Waals surface area contributed by atoms with E-state index in [2.05, 4.69) is 27.9 Å². The average Bonchev–Trinajstić information content (AvgIpc) is 2.72. The molecule has 1 aromatic rings. The molecule has 1 unspecified atom stereocenters. The minimum Gasteiger partial charge on any atom is -0.356 e. The third-order valence-corrected chi connectivity index (χ3v) is 4.99. The Balaban J connectivity index is 0.00000420. The van der Waals surface area contributed by atoms with Gasteiger partial charge in [0.25, 0.3) is 5.91 Å².